The van der Waals surface area contributed by atoms with Gasteiger partial charge in [-0.3, -0.25) is 9.59 Å². The van der Waals surface area contributed by atoms with Crippen LogP contribution in [-0.2, 0) is 26.6 Å². The molecule has 0 radical (unpaired) electrons. The molecule has 8 heteroatoms. The van der Waals surface area contributed by atoms with Gasteiger partial charge in [0.15, 0.2) is 5.65 Å². The fraction of sp³-hybridized carbons (Fsp3) is 0.278. The SMILES string of the molecule is Cn1c2c(c(=O)n3ncc(C(=O)NCc4ccc(F)cc4)c13)CNCC2. The molecule has 2 aromatic heterocycles. The molecule has 1 amide bonds. The van der Waals surface area contributed by atoms with Crippen LogP contribution in [0.25, 0.3) is 5.65 Å². The zero-order valence-electron chi connectivity index (χ0n) is 14.3. The van der Waals surface area contributed by atoms with Crippen molar-refractivity contribution in [2.45, 2.75) is 19.5 Å². The molecular formula is C18H18FN5O2. The maximum absolute atomic E-state index is 13.0. The van der Waals surface area contributed by atoms with Crippen LogP contribution in [0, 0.1) is 5.82 Å². The number of nitrogens with zero attached hydrogens (tertiary/aromatic N) is 3. The van der Waals surface area contributed by atoms with Crippen molar-refractivity contribution in [1.29, 1.82) is 0 Å². The van der Waals surface area contributed by atoms with Crippen molar-refractivity contribution in [3.63, 3.8) is 0 Å². The van der Waals surface area contributed by atoms with Crippen molar-refractivity contribution in [3.8, 4) is 0 Å². The van der Waals surface area contributed by atoms with Crippen LogP contribution in [0.2, 0.25) is 0 Å². The fourth-order valence-electron chi connectivity index (χ4n) is 3.35. The molecule has 0 spiro atoms. The molecule has 134 valence electrons. The van der Waals surface area contributed by atoms with E-state index in [1.807, 2.05) is 11.6 Å². The lowest BCUT2D eigenvalue weighted by molar-refractivity contribution is 0.0952. The van der Waals surface area contributed by atoms with Gasteiger partial charge in [-0.25, -0.2) is 4.39 Å². The molecule has 1 aliphatic rings. The quantitative estimate of drug-likeness (QED) is 0.727. The van der Waals surface area contributed by atoms with Crippen LogP contribution in [-0.4, -0.2) is 26.6 Å². The number of amides is 1. The summed E-state index contributed by atoms with van der Waals surface area (Å²) in [6.45, 7) is 1.56. The molecular weight excluding hydrogens is 337 g/mol. The van der Waals surface area contributed by atoms with Gasteiger partial charge in [0, 0.05) is 38.8 Å². The van der Waals surface area contributed by atoms with E-state index in [0.29, 0.717) is 23.3 Å². The fourth-order valence-corrected chi connectivity index (χ4v) is 3.35. The molecule has 0 atom stereocenters. The Bertz CT molecular complexity index is 1050. The first-order valence-corrected chi connectivity index (χ1v) is 8.38. The Morgan fingerprint density at radius 2 is 2.12 bits per heavy atom. The van der Waals surface area contributed by atoms with Gasteiger partial charge in [0.2, 0.25) is 0 Å². The third-order valence-corrected chi connectivity index (χ3v) is 4.72. The van der Waals surface area contributed by atoms with Gasteiger partial charge in [-0.1, -0.05) is 12.1 Å². The number of benzene rings is 1. The highest BCUT2D eigenvalue weighted by Gasteiger charge is 2.23. The van der Waals surface area contributed by atoms with Crippen molar-refractivity contribution in [2.75, 3.05) is 6.54 Å². The molecule has 1 aromatic carbocycles. The first kappa shape index (κ1) is 16.5. The Morgan fingerprint density at radius 3 is 2.88 bits per heavy atom. The van der Waals surface area contributed by atoms with E-state index < -0.39 is 0 Å². The molecule has 0 aliphatic carbocycles. The van der Waals surface area contributed by atoms with Crippen molar-refractivity contribution in [2.24, 2.45) is 7.05 Å². The number of hydrogen-bond acceptors (Lipinski definition) is 4. The summed E-state index contributed by atoms with van der Waals surface area (Å²) in [6.07, 6.45) is 2.13. The summed E-state index contributed by atoms with van der Waals surface area (Å²) in [6, 6.07) is 5.93. The average Bonchev–Trinajstić information content (AvgIpc) is 3.11. The van der Waals surface area contributed by atoms with Gasteiger partial charge in [0.1, 0.15) is 11.4 Å². The number of aryl methyl sites for hydroxylation is 1. The number of halogens is 1. The molecule has 0 fully saturated rings. The van der Waals surface area contributed by atoms with E-state index in [1.54, 1.807) is 12.1 Å². The Labute approximate surface area is 148 Å². The molecule has 0 unspecified atom stereocenters. The van der Waals surface area contributed by atoms with Crippen LogP contribution in [0.3, 0.4) is 0 Å². The first-order valence-electron chi connectivity index (χ1n) is 8.38. The number of rotatable bonds is 3. The third-order valence-electron chi connectivity index (χ3n) is 4.72. The van der Waals surface area contributed by atoms with Crippen LogP contribution in [0.4, 0.5) is 4.39 Å². The molecule has 26 heavy (non-hydrogen) atoms. The molecule has 7 nitrogen and oxygen atoms in total. The number of carbonyl (C=O) groups is 1. The maximum Gasteiger partial charge on any atom is 0.279 e. The molecule has 1 aliphatic heterocycles. The zero-order valence-corrected chi connectivity index (χ0v) is 14.3. The van der Waals surface area contributed by atoms with Crippen LogP contribution < -0.4 is 16.2 Å². The number of hydrogen-bond donors (Lipinski definition) is 2. The largest absolute Gasteiger partial charge is 0.348 e. The summed E-state index contributed by atoms with van der Waals surface area (Å²) in [7, 11) is 1.84. The van der Waals surface area contributed by atoms with Gasteiger partial charge in [-0.2, -0.15) is 9.61 Å². The molecule has 0 bridgehead atoms. The predicted octanol–water partition coefficient (Wildman–Crippen LogP) is 0.748. The smallest absolute Gasteiger partial charge is 0.279 e. The van der Waals surface area contributed by atoms with Gasteiger partial charge >= 0.3 is 0 Å². The van der Waals surface area contributed by atoms with Crippen molar-refractivity contribution in [3.05, 3.63) is 69.0 Å². The van der Waals surface area contributed by atoms with E-state index in [9.17, 15) is 14.0 Å². The second-order valence-corrected chi connectivity index (χ2v) is 6.32. The third kappa shape index (κ3) is 2.68. The molecule has 2 N–H and O–H groups in total. The standard InChI is InChI=1S/C18H18FN5O2/c1-23-15-6-7-20-9-13(15)18(26)24-17(23)14(10-22-24)16(25)21-8-11-2-4-12(19)5-3-11/h2-5,10,20H,6-9H2,1H3,(H,21,25). The van der Waals surface area contributed by atoms with Crippen LogP contribution in [0.15, 0.2) is 35.3 Å². The lowest BCUT2D eigenvalue weighted by atomic mass is 10.1. The van der Waals surface area contributed by atoms with Gasteiger partial charge < -0.3 is 15.2 Å². The van der Waals surface area contributed by atoms with E-state index in [1.165, 1.54) is 22.8 Å². The molecule has 3 aromatic rings. The van der Waals surface area contributed by atoms with Gasteiger partial charge in [-0.05, 0) is 17.7 Å². The Kier molecular flexibility index (Phi) is 4.04. The average molecular weight is 355 g/mol. The van der Waals surface area contributed by atoms with E-state index in [0.717, 1.165) is 24.2 Å². The molecule has 3 heterocycles. The Balaban J connectivity index is 1.68. The predicted molar refractivity (Wildman–Crippen MR) is 93.4 cm³/mol. The normalized spacial score (nSPS) is 13.6. The summed E-state index contributed by atoms with van der Waals surface area (Å²) in [5.41, 5.74) is 3.02. The summed E-state index contributed by atoms with van der Waals surface area (Å²) < 4.78 is 16.1. The number of carbonyl (C=O) groups excluding carboxylic acids is 1. The second kappa shape index (κ2) is 6.38. The van der Waals surface area contributed by atoms with E-state index in [-0.39, 0.29) is 23.8 Å². The minimum atomic E-state index is -0.326. The van der Waals surface area contributed by atoms with Crippen LogP contribution in [0.1, 0.15) is 27.2 Å². The van der Waals surface area contributed by atoms with Crippen molar-refractivity contribution >= 4 is 11.6 Å². The minimum absolute atomic E-state index is 0.196. The van der Waals surface area contributed by atoms with Gasteiger partial charge in [0.25, 0.3) is 11.5 Å². The van der Waals surface area contributed by atoms with Crippen LogP contribution >= 0.6 is 0 Å². The van der Waals surface area contributed by atoms with E-state index in [4.69, 9.17) is 0 Å². The summed E-state index contributed by atoms with van der Waals surface area (Å²) >= 11 is 0. The lowest BCUT2D eigenvalue weighted by Crippen LogP contribution is -2.35. The molecule has 4 rings (SSSR count). The van der Waals surface area contributed by atoms with E-state index in [2.05, 4.69) is 15.7 Å². The number of nitrogens with one attached hydrogen (secondary N) is 2. The highest BCUT2D eigenvalue weighted by atomic mass is 19.1. The van der Waals surface area contributed by atoms with Crippen LogP contribution in [0.5, 0.6) is 0 Å². The Morgan fingerprint density at radius 1 is 1.35 bits per heavy atom. The minimum Gasteiger partial charge on any atom is -0.348 e. The molecule has 0 saturated carbocycles. The Hall–Kier alpha value is -3.00. The van der Waals surface area contributed by atoms with Crippen molar-refractivity contribution in [1.82, 2.24) is 24.8 Å². The maximum atomic E-state index is 13.0. The monoisotopic (exact) mass is 355 g/mol. The van der Waals surface area contributed by atoms with Gasteiger partial charge in [-0.15, -0.1) is 0 Å². The summed E-state index contributed by atoms with van der Waals surface area (Å²) in [5.74, 6) is -0.648. The topological polar surface area (TPSA) is 80.4 Å². The number of fused-ring (bicyclic) bond motifs is 2. The highest BCUT2D eigenvalue weighted by molar-refractivity contribution is 5.99. The van der Waals surface area contributed by atoms with Gasteiger partial charge in [0.05, 0.1) is 11.8 Å². The lowest BCUT2D eigenvalue weighted by Gasteiger charge is -2.20. The first-order chi connectivity index (χ1) is 12.6. The van der Waals surface area contributed by atoms with Crippen molar-refractivity contribution < 1.29 is 9.18 Å². The second-order valence-electron chi connectivity index (χ2n) is 6.32. The molecule has 0 saturated heterocycles. The summed E-state index contributed by atoms with van der Waals surface area (Å²) in [5, 5.41) is 10.1. The highest BCUT2D eigenvalue weighted by Crippen LogP contribution is 2.16. The number of aromatic nitrogens is 3. The van der Waals surface area contributed by atoms with E-state index >= 15 is 0 Å². The summed E-state index contributed by atoms with van der Waals surface area (Å²) in [4.78, 5) is 25.3. The zero-order chi connectivity index (χ0) is 18.3.